The summed E-state index contributed by atoms with van der Waals surface area (Å²) in [5.41, 5.74) is 0.281. The molecule has 106 valence electrons. The van der Waals surface area contributed by atoms with Crippen LogP contribution in [0.1, 0.15) is 25.3 Å². The Morgan fingerprint density at radius 3 is 2.68 bits per heavy atom. The molecule has 0 aliphatic carbocycles. The third-order valence-electron chi connectivity index (χ3n) is 2.69. The van der Waals surface area contributed by atoms with Crippen LogP contribution < -0.4 is 0 Å². The second kappa shape index (κ2) is 5.90. The van der Waals surface area contributed by atoms with E-state index < -0.39 is 18.1 Å². The number of amides is 1. The molecule has 0 unspecified atom stereocenters. The Bertz CT molecular complexity index is 454. The zero-order valence-corrected chi connectivity index (χ0v) is 10.7. The van der Waals surface area contributed by atoms with E-state index in [-0.39, 0.29) is 12.2 Å². The molecule has 0 aromatic carbocycles. The van der Waals surface area contributed by atoms with E-state index in [0.717, 1.165) is 13.0 Å². The van der Waals surface area contributed by atoms with E-state index in [1.165, 1.54) is 6.07 Å². The average Bonchev–Trinajstić information content (AvgIpc) is 2.80. The minimum absolute atomic E-state index is 0.269. The molecule has 1 aromatic heterocycles. The zero-order chi connectivity index (χ0) is 14.6. The summed E-state index contributed by atoms with van der Waals surface area (Å²) in [7, 11) is 0. The molecule has 1 aromatic rings. The second-order valence-corrected chi connectivity index (χ2v) is 4.03. The lowest BCUT2D eigenvalue weighted by Crippen LogP contribution is -2.45. The summed E-state index contributed by atoms with van der Waals surface area (Å²) >= 11 is 0. The molecule has 1 heterocycles. The third-order valence-corrected chi connectivity index (χ3v) is 2.69. The van der Waals surface area contributed by atoms with Crippen LogP contribution in [0.4, 0.5) is 13.2 Å². The van der Waals surface area contributed by atoms with Gasteiger partial charge in [-0.1, -0.05) is 18.7 Å². The van der Waals surface area contributed by atoms with Crippen molar-refractivity contribution < 1.29 is 22.5 Å². The molecule has 1 amide bonds. The second-order valence-electron chi connectivity index (χ2n) is 4.03. The molecule has 1 atom stereocenters. The van der Waals surface area contributed by atoms with E-state index in [1.807, 2.05) is 6.92 Å². The van der Waals surface area contributed by atoms with Crippen molar-refractivity contribution in [2.75, 3.05) is 0 Å². The number of aromatic nitrogens is 1. The number of hydrogen-bond donors (Lipinski definition) is 0. The Morgan fingerprint density at radius 2 is 2.26 bits per heavy atom. The fraction of sp³-hybridized carbons (Fsp3) is 0.500. The third kappa shape index (κ3) is 3.84. The van der Waals surface area contributed by atoms with Gasteiger partial charge in [-0.15, -0.1) is 0 Å². The molecule has 0 fully saturated rings. The van der Waals surface area contributed by atoms with Crippen LogP contribution in [0.3, 0.4) is 0 Å². The van der Waals surface area contributed by atoms with Gasteiger partial charge in [0.15, 0.2) is 0 Å². The molecule has 7 heteroatoms. The Hall–Kier alpha value is -1.79. The normalized spacial score (nSPS) is 13.1. The van der Waals surface area contributed by atoms with Crippen molar-refractivity contribution in [3.63, 3.8) is 0 Å². The summed E-state index contributed by atoms with van der Waals surface area (Å²) in [5, 5.41) is 3.64. The van der Waals surface area contributed by atoms with Crippen molar-refractivity contribution in [2.24, 2.45) is 0 Å². The monoisotopic (exact) mass is 276 g/mol. The maximum absolute atomic E-state index is 12.7. The first-order valence-corrected chi connectivity index (χ1v) is 5.73. The lowest BCUT2D eigenvalue weighted by Gasteiger charge is -2.28. The van der Waals surface area contributed by atoms with E-state index >= 15 is 0 Å². The number of carbonyl (C=O) groups is 1. The summed E-state index contributed by atoms with van der Waals surface area (Å²) < 4.78 is 43.0. The highest BCUT2D eigenvalue weighted by Gasteiger charge is 2.41. The molecule has 0 saturated carbocycles. The number of alkyl halides is 3. The Labute approximate surface area is 108 Å². The highest BCUT2D eigenvalue weighted by molar-refractivity contribution is 5.87. The van der Waals surface area contributed by atoms with Crippen LogP contribution in [-0.4, -0.2) is 28.2 Å². The predicted molar refractivity (Wildman–Crippen MR) is 62.1 cm³/mol. The summed E-state index contributed by atoms with van der Waals surface area (Å²) in [6.07, 6.45) is -3.07. The first kappa shape index (κ1) is 15.3. The number of carbonyl (C=O) groups excluding carboxylic acids is 1. The van der Waals surface area contributed by atoms with Crippen LogP contribution in [0.15, 0.2) is 23.2 Å². The predicted octanol–water partition coefficient (Wildman–Crippen LogP) is 2.70. The smallest absolute Gasteiger partial charge is 0.361 e. The molecular formula is C12H15F3N2O2. The highest BCUT2D eigenvalue weighted by atomic mass is 19.4. The summed E-state index contributed by atoms with van der Waals surface area (Å²) in [5.74, 6) is -0.244. The van der Waals surface area contributed by atoms with Crippen LogP contribution in [0, 0.1) is 0 Å². The van der Waals surface area contributed by atoms with Crippen molar-refractivity contribution in [1.82, 2.24) is 10.1 Å². The van der Waals surface area contributed by atoms with E-state index in [1.54, 1.807) is 0 Å². The lowest BCUT2D eigenvalue weighted by molar-refractivity contribution is -0.185. The molecule has 4 nitrogen and oxygen atoms in total. The van der Waals surface area contributed by atoms with Gasteiger partial charge in [0.2, 0.25) is 5.91 Å². The Balaban J connectivity index is 2.92. The zero-order valence-electron chi connectivity index (χ0n) is 10.7. The number of aryl methyl sites for hydroxylation is 1. The average molecular weight is 276 g/mol. The first-order valence-electron chi connectivity index (χ1n) is 5.73. The van der Waals surface area contributed by atoms with Gasteiger partial charge >= 0.3 is 6.18 Å². The highest BCUT2D eigenvalue weighted by Crippen LogP contribution is 2.26. The van der Waals surface area contributed by atoms with Gasteiger partial charge < -0.3 is 9.42 Å². The maximum Gasteiger partial charge on any atom is 0.408 e. The van der Waals surface area contributed by atoms with E-state index in [0.29, 0.717) is 17.1 Å². The molecule has 0 saturated heterocycles. The van der Waals surface area contributed by atoms with Crippen LogP contribution in [-0.2, 0) is 17.8 Å². The minimum Gasteiger partial charge on any atom is -0.361 e. The van der Waals surface area contributed by atoms with Crippen molar-refractivity contribution in [3.05, 3.63) is 30.2 Å². The molecule has 1 rings (SSSR count). The molecule has 0 spiro atoms. The number of halogens is 3. The van der Waals surface area contributed by atoms with Gasteiger partial charge in [0.05, 0.1) is 6.54 Å². The van der Waals surface area contributed by atoms with Crippen molar-refractivity contribution in [3.8, 4) is 0 Å². The quantitative estimate of drug-likeness (QED) is 0.777. The number of hydrogen-bond acceptors (Lipinski definition) is 3. The lowest BCUT2D eigenvalue weighted by atomic mass is 10.2. The van der Waals surface area contributed by atoms with Gasteiger partial charge in [-0.3, -0.25) is 4.79 Å². The van der Waals surface area contributed by atoms with Crippen molar-refractivity contribution in [1.29, 1.82) is 0 Å². The summed E-state index contributed by atoms with van der Waals surface area (Å²) in [4.78, 5) is 12.2. The molecule has 0 aliphatic heterocycles. The largest absolute Gasteiger partial charge is 0.408 e. The first-order chi connectivity index (χ1) is 8.79. The van der Waals surface area contributed by atoms with Gasteiger partial charge in [0, 0.05) is 12.5 Å². The van der Waals surface area contributed by atoms with Gasteiger partial charge in [-0.25, -0.2) is 0 Å². The molecule has 0 radical (unpaired) electrons. The summed E-state index contributed by atoms with van der Waals surface area (Å²) in [6, 6.07) is -0.383. The number of nitrogens with zero attached hydrogens (tertiary/aromatic N) is 2. The fourth-order valence-electron chi connectivity index (χ4n) is 1.47. The van der Waals surface area contributed by atoms with Crippen LogP contribution in [0.5, 0.6) is 0 Å². The number of rotatable bonds is 5. The molecule has 0 aliphatic rings. The fourth-order valence-corrected chi connectivity index (χ4v) is 1.47. The Morgan fingerprint density at radius 1 is 1.63 bits per heavy atom. The summed E-state index contributed by atoms with van der Waals surface area (Å²) in [6.45, 7) is 5.69. The SMILES string of the molecule is C=CC(=O)N(Cc1cc(CC)on1)[C@H](C)C(F)(F)F. The van der Waals surface area contributed by atoms with Gasteiger partial charge in [-0.2, -0.15) is 13.2 Å². The molecule has 0 bridgehead atoms. The Kier molecular flexibility index (Phi) is 4.74. The van der Waals surface area contributed by atoms with E-state index in [2.05, 4.69) is 11.7 Å². The van der Waals surface area contributed by atoms with Crippen LogP contribution in [0.25, 0.3) is 0 Å². The maximum atomic E-state index is 12.7. The standard InChI is InChI=1S/C12H15F3N2O2/c1-4-10-6-9(16-19-10)7-17(11(18)5-2)8(3)12(13,14)15/h5-6,8H,2,4,7H2,1,3H3/t8-/m1/s1. The van der Waals surface area contributed by atoms with Gasteiger partial charge in [-0.05, 0) is 13.0 Å². The topological polar surface area (TPSA) is 46.3 Å². The van der Waals surface area contributed by atoms with E-state index in [9.17, 15) is 18.0 Å². The van der Waals surface area contributed by atoms with Gasteiger partial charge in [0.1, 0.15) is 17.5 Å². The van der Waals surface area contributed by atoms with Crippen molar-refractivity contribution >= 4 is 5.91 Å². The van der Waals surface area contributed by atoms with Crippen LogP contribution >= 0.6 is 0 Å². The van der Waals surface area contributed by atoms with E-state index in [4.69, 9.17) is 4.52 Å². The van der Waals surface area contributed by atoms with Crippen LogP contribution in [0.2, 0.25) is 0 Å². The minimum atomic E-state index is -4.50. The molecule has 19 heavy (non-hydrogen) atoms. The van der Waals surface area contributed by atoms with Crippen molar-refractivity contribution in [2.45, 2.75) is 39.0 Å². The molecule has 0 N–H and O–H groups in total. The molecular weight excluding hydrogens is 261 g/mol. The van der Waals surface area contributed by atoms with Gasteiger partial charge in [0.25, 0.3) is 0 Å².